The fourth-order valence-corrected chi connectivity index (χ4v) is 2.41. The molecular formula is C19H16F4N4O3. The van der Waals surface area contributed by atoms with Crippen molar-refractivity contribution in [1.82, 2.24) is 20.4 Å². The lowest BCUT2D eigenvalue weighted by Crippen LogP contribution is -2.24. The van der Waals surface area contributed by atoms with Crippen LogP contribution in [0.1, 0.15) is 17.9 Å². The van der Waals surface area contributed by atoms with Crippen LogP contribution < -0.4 is 10.1 Å². The molecule has 2 heterocycles. The van der Waals surface area contributed by atoms with Crippen molar-refractivity contribution in [3.8, 4) is 17.3 Å². The van der Waals surface area contributed by atoms with Crippen molar-refractivity contribution >= 4 is 5.91 Å². The van der Waals surface area contributed by atoms with Gasteiger partial charge >= 0.3 is 6.18 Å². The van der Waals surface area contributed by atoms with Crippen molar-refractivity contribution < 1.29 is 31.6 Å². The fourth-order valence-electron chi connectivity index (χ4n) is 2.41. The summed E-state index contributed by atoms with van der Waals surface area (Å²) in [6.07, 6.45) is -3.02. The zero-order valence-corrected chi connectivity index (χ0v) is 15.4. The van der Waals surface area contributed by atoms with E-state index >= 15 is 0 Å². The number of ether oxygens (including phenoxy) is 1. The van der Waals surface area contributed by atoms with Gasteiger partial charge in [0.05, 0.1) is 0 Å². The molecule has 30 heavy (non-hydrogen) atoms. The van der Waals surface area contributed by atoms with E-state index in [2.05, 4.69) is 25.2 Å². The monoisotopic (exact) mass is 424 g/mol. The third-order valence-electron chi connectivity index (χ3n) is 3.83. The van der Waals surface area contributed by atoms with E-state index in [0.717, 1.165) is 0 Å². The Bertz CT molecular complexity index is 990. The second-order valence-corrected chi connectivity index (χ2v) is 6.17. The lowest BCUT2D eigenvalue weighted by molar-refractivity contribution is -0.154. The van der Waals surface area contributed by atoms with Gasteiger partial charge in [-0.2, -0.15) is 18.2 Å². The summed E-state index contributed by atoms with van der Waals surface area (Å²) >= 11 is 0. The molecule has 0 saturated carbocycles. The molecule has 0 atom stereocenters. The summed E-state index contributed by atoms with van der Waals surface area (Å²) in [6, 6.07) is 8.57. The second kappa shape index (κ2) is 9.33. The number of benzene rings is 1. The number of rotatable bonds is 8. The molecule has 0 radical (unpaired) electrons. The van der Waals surface area contributed by atoms with Crippen LogP contribution in [0.15, 0.2) is 47.1 Å². The van der Waals surface area contributed by atoms with E-state index in [1.165, 1.54) is 42.6 Å². The Morgan fingerprint density at radius 1 is 1.17 bits per heavy atom. The summed E-state index contributed by atoms with van der Waals surface area (Å²) in [4.78, 5) is 20.0. The van der Waals surface area contributed by atoms with Gasteiger partial charge in [-0.25, -0.2) is 9.37 Å². The highest BCUT2D eigenvalue weighted by molar-refractivity contribution is 5.76. The van der Waals surface area contributed by atoms with Crippen molar-refractivity contribution in [2.45, 2.75) is 25.6 Å². The highest BCUT2D eigenvalue weighted by Crippen LogP contribution is 2.20. The Kier molecular flexibility index (Phi) is 6.60. The van der Waals surface area contributed by atoms with Gasteiger partial charge in [0.1, 0.15) is 5.82 Å². The normalized spacial score (nSPS) is 11.3. The summed E-state index contributed by atoms with van der Waals surface area (Å²) in [5.74, 6) is -0.467. The van der Waals surface area contributed by atoms with Crippen LogP contribution in [0.4, 0.5) is 17.6 Å². The molecule has 0 spiro atoms. The molecule has 0 fully saturated rings. The number of carbonyl (C=O) groups is 1. The Morgan fingerprint density at radius 2 is 1.93 bits per heavy atom. The number of pyridine rings is 1. The van der Waals surface area contributed by atoms with Gasteiger partial charge in [0.2, 0.25) is 23.5 Å². The van der Waals surface area contributed by atoms with Crippen LogP contribution in [0.25, 0.3) is 11.4 Å². The van der Waals surface area contributed by atoms with E-state index in [-0.39, 0.29) is 48.7 Å². The number of hydrogen-bond donors (Lipinski definition) is 1. The van der Waals surface area contributed by atoms with Gasteiger partial charge in [-0.15, -0.1) is 0 Å². The number of halogens is 4. The molecule has 158 valence electrons. The average Bonchev–Trinajstić information content (AvgIpc) is 3.19. The minimum absolute atomic E-state index is 0.0179. The predicted octanol–water partition coefficient (Wildman–Crippen LogP) is 3.46. The van der Waals surface area contributed by atoms with Crippen molar-refractivity contribution in [1.29, 1.82) is 0 Å². The van der Waals surface area contributed by atoms with Crippen LogP contribution >= 0.6 is 0 Å². The van der Waals surface area contributed by atoms with Gasteiger partial charge in [0.15, 0.2) is 6.61 Å². The Balaban J connectivity index is 1.50. The van der Waals surface area contributed by atoms with Crippen molar-refractivity contribution in [2.24, 2.45) is 0 Å². The molecule has 3 aromatic rings. The molecule has 0 aliphatic heterocycles. The Morgan fingerprint density at radius 3 is 2.67 bits per heavy atom. The van der Waals surface area contributed by atoms with Crippen LogP contribution in [0.3, 0.4) is 0 Å². The highest BCUT2D eigenvalue weighted by atomic mass is 19.4. The minimum atomic E-state index is -4.49. The molecule has 0 bridgehead atoms. The molecule has 0 aliphatic carbocycles. The summed E-state index contributed by atoms with van der Waals surface area (Å²) in [7, 11) is 0. The van der Waals surface area contributed by atoms with Gasteiger partial charge in [-0.05, 0) is 30.3 Å². The molecular weight excluding hydrogens is 408 g/mol. The average molecular weight is 424 g/mol. The number of alkyl halides is 3. The fraction of sp³-hybridized carbons (Fsp3) is 0.263. The molecule has 0 saturated heterocycles. The first-order valence-corrected chi connectivity index (χ1v) is 8.79. The van der Waals surface area contributed by atoms with E-state index in [1.54, 1.807) is 0 Å². The van der Waals surface area contributed by atoms with Crippen molar-refractivity contribution in [3.63, 3.8) is 0 Å². The standard InChI is InChI=1S/C19H16F4N4O3/c20-14-5-3-12(4-6-14)17-26-16(30-27-17)8-7-15(28)25-10-13-2-1-9-24-18(13)29-11-19(21,22)23/h1-6,9H,7-8,10-11H2,(H,25,28). The first-order valence-electron chi connectivity index (χ1n) is 8.79. The number of hydrogen-bond acceptors (Lipinski definition) is 6. The molecule has 11 heteroatoms. The predicted molar refractivity (Wildman–Crippen MR) is 95.6 cm³/mol. The number of nitrogens with zero attached hydrogens (tertiary/aromatic N) is 3. The van der Waals surface area contributed by atoms with Crippen molar-refractivity contribution in [3.05, 3.63) is 59.9 Å². The van der Waals surface area contributed by atoms with Crippen molar-refractivity contribution in [2.75, 3.05) is 6.61 Å². The van der Waals surface area contributed by atoms with Crippen LogP contribution in [0.5, 0.6) is 5.88 Å². The van der Waals surface area contributed by atoms with E-state index < -0.39 is 12.8 Å². The molecule has 3 rings (SSSR count). The summed E-state index contributed by atoms with van der Waals surface area (Å²) in [5, 5.41) is 6.36. The van der Waals surface area contributed by atoms with E-state index in [4.69, 9.17) is 4.52 Å². The maximum atomic E-state index is 13.0. The third kappa shape index (κ3) is 6.26. The summed E-state index contributed by atoms with van der Waals surface area (Å²) in [6.45, 7) is -1.52. The van der Waals surface area contributed by atoms with E-state index in [1.807, 2.05) is 0 Å². The van der Waals surface area contributed by atoms with Crippen LogP contribution in [-0.2, 0) is 17.8 Å². The summed E-state index contributed by atoms with van der Waals surface area (Å²) in [5.41, 5.74) is 0.880. The molecule has 1 amide bonds. The van der Waals surface area contributed by atoms with Gasteiger partial charge in [-0.1, -0.05) is 11.2 Å². The Hall–Kier alpha value is -3.50. The molecule has 1 N–H and O–H groups in total. The molecule has 0 aliphatic rings. The van der Waals surface area contributed by atoms with Crippen LogP contribution in [0.2, 0.25) is 0 Å². The number of carbonyl (C=O) groups excluding carboxylic acids is 1. The molecule has 1 aromatic carbocycles. The number of aryl methyl sites for hydroxylation is 1. The lowest BCUT2D eigenvalue weighted by atomic mass is 10.2. The zero-order valence-electron chi connectivity index (χ0n) is 15.4. The lowest BCUT2D eigenvalue weighted by Gasteiger charge is -2.12. The van der Waals surface area contributed by atoms with Gasteiger partial charge in [0.25, 0.3) is 0 Å². The number of aromatic nitrogens is 3. The maximum Gasteiger partial charge on any atom is 0.422 e. The maximum absolute atomic E-state index is 13.0. The van der Waals surface area contributed by atoms with E-state index in [9.17, 15) is 22.4 Å². The van der Waals surface area contributed by atoms with E-state index in [0.29, 0.717) is 11.1 Å². The highest BCUT2D eigenvalue weighted by Gasteiger charge is 2.29. The number of nitrogens with one attached hydrogen (secondary N) is 1. The second-order valence-electron chi connectivity index (χ2n) is 6.17. The van der Waals surface area contributed by atoms with Crippen LogP contribution in [-0.4, -0.2) is 33.8 Å². The Labute approximate surface area is 168 Å². The topological polar surface area (TPSA) is 90.1 Å². The molecule has 0 unspecified atom stereocenters. The quantitative estimate of drug-likeness (QED) is 0.557. The SMILES string of the molecule is O=C(CCc1nc(-c2ccc(F)cc2)no1)NCc1cccnc1OCC(F)(F)F. The van der Waals surface area contributed by atoms with Gasteiger partial charge in [-0.3, -0.25) is 4.79 Å². The zero-order chi connectivity index (χ0) is 21.6. The first kappa shape index (κ1) is 21.2. The largest absolute Gasteiger partial charge is 0.468 e. The smallest absolute Gasteiger partial charge is 0.422 e. The third-order valence-corrected chi connectivity index (χ3v) is 3.83. The minimum Gasteiger partial charge on any atom is -0.468 e. The summed E-state index contributed by atoms with van der Waals surface area (Å²) < 4.78 is 59.7. The van der Waals surface area contributed by atoms with Gasteiger partial charge in [0, 0.05) is 36.7 Å². The molecule has 2 aromatic heterocycles. The molecule has 7 nitrogen and oxygen atoms in total. The first-order chi connectivity index (χ1) is 14.3. The number of amides is 1. The van der Waals surface area contributed by atoms with Crippen LogP contribution in [0, 0.1) is 5.82 Å². The van der Waals surface area contributed by atoms with Gasteiger partial charge < -0.3 is 14.6 Å².